The summed E-state index contributed by atoms with van der Waals surface area (Å²) in [6.07, 6.45) is 0. The SMILES string of the molecule is Brc1cc(Br)cc(-c2cc(-c3ccccc3)cc(-c3ccccc3)c2)c1.OB(O)c1cccc2c1oc1ccccc12.[2HH].[2H][2H].c1ccc(-c2cc(-c3ccccc3)cc(-c3cc(-c4cccc5c4oc4ccccc45)cc(-c4cccc5c4oc4ccccc45)c3)c2)cc1. The summed E-state index contributed by atoms with van der Waals surface area (Å²) in [6, 6.07) is 112. The van der Waals surface area contributed by atoms with E-state index in [1.165, 1.54) is 55.6 Å². The van der Waals surface area contributed by atoms with Gasteiger partial charge >= 0.3 is 7.12 Å². The summed E-state index contributed by atoms with van der Waals surface area (Å²) < 4.78 is 30.9. The number of rotatable bonds is 9. The second-order valence-corrected chi connectivity index (χ2v) is 24.6. The number of hydrogen-bond donors (Lipinski definition) is 2. The van der Waals surface area contributed by atoms with E-state index < -0.39 is 7.12 Å². The molecule has 0 atom stereocenters. The maximum Gasteiger partial charge on any atom is 0.492 e. The van der Waals surface area contributed by atoms with E-state index in [2.05, 4.69) is 287 Å². The molecule has 14 aromatic carbocycles. The van der Waals surface area contributed by atoms with Crippen LogP contribution in [0.3, 0.4) is 0 Å². The van der Waals surface area contributed by atoms with Gasteiger partial charge in [0.15, 0.2) is 0 Å². The van der Waals surface area contributed by atoms with Crippen molar-refractivity contribution in [3.05, 3.63) is 330 Å². The van der Waals surface area contributed by atoms with Gasteiger partial charge in [0.05, 0.1) is 0 Å². The fourth-order valence-corrected chi connectivity index (χ4v) is 13.8. The van der Waals surface area contributed by atoms with Crippen molar-refractivity contribution in [2.24, 2.45) is 0 Å². The molecule has 3 heterocycles. The Morgan fingerprint density at radius 2 is 0.500 bits per heavy atom. The van der Waals surface area contributed by atoms with E-state index in [1.807, 2.05) is 54.6 Å². The monoisotopic (exact) mass is 1320 g/mol. The number of halogens is 2. The van der Waals surface area contributed by atoms with Gasteiger partial charge in [-0.15, -0.1) is 0 Å². The van der Waals surface area contributed by atoms with Crippen LogP contribution in [0.15, 0.2) is 344 Å². The van der Waals surface area contributed by atoms with Crippen molar-refractivity contribution < 1.29 is 27.7 Å². The molecule has 17 rings (SSSR count). The van der Waals surface area contributed by atoms with Gasteiger partial charge in [-0.1, -0.05) is 262 Å². The number of hydrogen-bond acceptors (Lipinski definition) is 5. The molecule has 0 amide bonds. The Balaban J connectivity index is 0.000000151. The molecule has 0 spiro atoms. The minimum Gasteiger partial charge on any atom is -0.456 e. The van der Waals surface area contributed by atoms with Gasteiger partial charge in [0.2, 0.25) is 0 Å². The Hall–Kier alpha value is -10.6. The van der Waals surface area contributed by atoms with E-state index in [4.69, 9.17) is 16.2 Å². The van der Waals surface area contributed by atoms with Gasteiger partial charge < -0.3 is 23.3 Å². The van der Waals surface area contributed by atoms with Crippen LogP contribution in [-0.4, -0.2) is 17.2 Å². The molecule has 0 aliphatic rings. The number of benzene rings is 14. The first-order valence-corrected chi connectivity index (χ1v) is 32.0. The third kappa shape index (κ3) is 11.7. The van der Waals surface area contributed by atoms with E-state index in [0.717, 1.165) is 103 Å². The predicted octanol–water partition coefficient (Wildman–Crippen LogP) is 23.8. The second kappa shape index (κ2) is 25.4. The minimum atomic E-state index is -1.51. The molecule has 92 heavy (non-hydrogen) atoms. The molecule has 0 bridgehead atoms. The quantitative estimate of drug-likeness (QED) is 0.141. The van der Waals surface area contributed by atoms with Crippen LogP contribution >= 0.6 is 31.9 Å². The molecule has 442 valence electrons. The van der Waals surface area contributed by atoms with Crippen LogP contribution in [0.5, 0.6) is 0 Å². The van der Waals surface area contributed by atoms with E-state index in [9.17, 15) is 10.0 Å². The lowest BCUT2D eigenvalue weighted by Crippen LogP contribution is -2.29. The third-order valence-corrected chi connectivity index (χ3v) is 17.8. The first kappa shape index (κ1) is 56.6. The van der Waals surface area contributed by atoms with Crippen LogP contribution in [0, 0.1) is 0 Å². The number of para-hydroxylation sites is 6. The predicted molar refractivity (Wildman–Crippen MR) is 394 cm³/mol. The number of furan rings is 3. The van der Waals surface area contributed by atoms with Gasteiger partial charge in [-0.25, -0.2) is 0 Å². The van der Waals surface area contributed by atoms with E-state index in [0.29, 0.717) is 11.0 Å². The van der Waals surface area contributed by atoms with Crippen molar-refractivity contribution in [2.75, 3.05) is 0 Å². The van der Waals surface area contributed by atoms with Crippen LogP contribution in [-0.2, 0) is 0 Å². The van der Waals surface area contributed by atoms with Gasteiger partial charge in [0, 0.05) is 62.2 Å². The highest BCUT2D eigenvalue weighted by atomic mass is 79.9. The van der Waals surface area contributed by atoms with Crippen molar-refractivity contribution in [1.29, 1.82) is 0 Å². The summed E-state index contributed by atoms with van der Waals surface area (Å²) in [7, 11) is -1.51. The highest BCUT2D eigenvalue weighted by Gasteiger charge is 2.21. The van der Waals surface area contributed by atoms with Crippen molar-refractivity contribution in [2.45, 2.75) is 0 Å². The van der Waals surface area contributed by atoms with Crippen molar-refractivity contribution in [3.63, 3.8) is 0 Å². The molecule has 0 fully saturated rings. The van der Waals surface area contributed by atoms with E-state index >= 15 is 0 Å². The average molecular weight is 1320 g/mol. The molecule has 0 saturated carbocycles. The van der Waals surface area contributed by atoms with Gasteiger partial charge in [-0.2, -0.15) is 0 Å². The first-order chi connectivity index (χ1) is 46.2. The fraction of sp³-hybridized carbons (Fsp3) is 0. The molecule has 17 aromatic rings. The zero-order valence-corrected chi connectivity index (χ0v) is 52.7. The lowest BCUT2D eigenvalue weighted by atomic mass is 9.79. The standard InChI is InChI=1S/C48H30O2.C24H16Br2.C12H9BO3.2H2/c1-3-13-31(14-4-1)33-25-34(32-15-5-2-6-16-32)27-35(26-33)36-28-37(39-19-11-21-43-41-17-7-9-23-45(41)49-47(39)43)30-38(29-36)40-20-12-22-44-42-18-8-10-24-46(42)50-48(40)44;25-23-14-22(15-24(26)16-23)21-12-19(17-7-3-1-4-8-17)11-20(13-21)18-9-5-2-6-10-18;14-13(15)10-6-3-5-9-8-4-1-2-7-11(8)16-12(9)10;;/h1-30H;1-16H;1-7,14-15H;2*1H/i;;;1+1D;1+1. The second-order valence-electron chi connectivity index (χ2n) is 22.8. The molecule has 3 aromatic heterocycles. The van der Waals surface area contributed by atoms with Crippen LogP contribution < -0.4 is 5.46 Å². The fourth-order valence-electron chi connectivity index (χ4n) is 12.5. The third-order valence-electron chi connectivity index (χ3n) is 16.9. The lowest BCUT2D eigenvalue weighted by molar-refractivity contribution is 0.425. The average Bonchev–Trinajstić information content (AvgIpc) is 1.53. The van der Waals surface area contributed by atoms with Gasteiger partial charge in [0.25, 0.3) is 0 Å². The van der Waals surface area contributed by atoms with Crippen LogP contribution in [0.25, 0.3) is 155 Å². The normalized spacial score (nSPS) is 11.3. The summed E-state index contributed by atoms with van der Waals surface area (Å²) in [6.45, 7) is 0. The van der Waals surface area contributed by atoms with Gasteiger partial charge in [0.1, 0.15) is 33.5 Å². The summed E-state index contributed by atoms with van der Waals surface area (Å²) in [4.78, 5) is 0. The molecule has 0 saturated heterocycles. The Morgan fingerprint density at radius 3 is 0.859 bits per heavy atom. The zero-order valence-electron chi connectivity index (χ0n) is 51.6. The molecular weight excluding hydrogens is 1260 g/mol. The van der Waals surface area contributed by atoms with Gasteiger partial charge in [-0.3, -0.25) is 0 Å². The minimum absolute atomic E-state index is 0. The van der Waals surface area contributed by atoms with Crippen molar-refractivity contribution in [1.82, 2.24) is 0 Å². The van der Waals surface area contributed by atoms with Crippen molar-refractivity contribution >= 4 is 110 Å². The summed E-state index contributed by atoms with van der Waals surface area (Å²) >= 11 is 7.21. The first-order valence-electron chi connectivity index (χ1n) is 31.4. The Bertz CT molecular complexity index is 5280. The molecule has 0 unspecified atom stereocenters. The molecule has 8 heteroatoms. The largest absolute Gasteiger partial charge is 0.492 e. The smallest absolute Gasteiger partial charge is 0.456 e. The summed E-state index contributed by atoms with van der Waals surface area (Å²) in [5, 5.41) is 24.8. The topological polar surface area (TPSA) is 79.9 Å². The molecular formula is C84H59BBr2O5. The molecule has 0 aliphatic carbocycles. The van der Waals surface area contributed by atoms with Crippen LogP contribution in [0.2, 0.25) is 0 Å². The van der Waals surface area contributed by atoms with Crippen molar-refractivity contribution in [3.8, 4) is 89.0 Å². The van der Waals surface area contributed by atoms with Gasteiger partial charge in [-0.05, 0) is 169 Å². The molecule has 5 nitrogen and oxygen atoms in total. The molecule has 0 radical (unpaired) electrons. The lowest BCUT2D eigenvalue weighted by Gasteiger charge is -2.15. The van der Waals surface area contributed by atoms with E-state index in [-0.39, 0.29) is 1.43 Å². The maximum atomic E-state index is 9.24. The highest BCUT2D eigenvalue weighted by molar-refractivity contribution is 9.11. The molecule has 2 N–H and O–H groups in total. The summed E-state index contributed by atoms with van der Waals surface area (Å²) in [5.74, 6) is 0. The summed E-state index contributed by atoms with van der Waals surface area (Å²) in [5.41, 5.74) is 23.8. The molecule has 0 aliphatic heterocycles. The Labute approximate surface area is 553 Å². The maximum absolute atomic E-state index is 9.24. The van der Waals surface area contributed by atoms with E-state index in [1.54, 1.807) is 12.1 Å². The zero-order chi connectivity index (χ0) is 64.1. The van der Waals surface area contributed by atoms with Crippen LogP contribution in [0.1, 0.15) is 4.40 Å². The Morgan fingerprint density at radius 1 is 0.239 bits per heavy atom. The Kier molecular flexibility index (Phi) is 15.6. The number of fused-ring (bicyclic) bond motifs is 9. The van der Waals surface area contributed by atoms with Crippen LogP contribution in [0.4, 0.5) is 0 Å². The highest BCUT2D eigenvalue weighted by Crippen LogP contribution is 2.44.